The fourth-order valence-electron chi connectivity index (χ4n) is 4.13. The zero-order valence-corrected chi connectivity index (χ0v) is 15.0. The van der Waals surface area contributed by atoms with Gasteiger partial charge in [0.2, 0.25) is 10.0 Å². The molecule has 0 atom stereocenters. The lowest BCUT2D eigenvalue weighted by Crippen LogP contribution is -2.58. The van der Waals surface area contributed by atoms with Gasteiger partial charge in [0, 0.05) is 37.4 Å². The smallest absolute Gasteiger partial charge is 0.211 e. The Morgan fingerprint density at radius 2 is 1.87 bits per heavy atom. The molecule has 1 aromatic rings. The van der Waals surface area contributed by atoms with Crippen LogP contribution in [-0.2, 0) is 16.6 Å². The molecule has 0 radical (unpaired) electrons. The van der Waals surface area contributed by atoms with Gasteiger partial charge >= 0.3 is 0 Å². The van der Waals surface area contributed by atoms with Gasteiger partial charge in [-0.1, -0.05) is 12.5 Å². The van der Waals surface area contributed by atoms with Crippen LogP contribution in [0.1, 0.15) is 43.5 Å². The minimum absolute atomic E-state index is 0.137. The summed E-state index contributed by atoms with van der Waals surface area (Å²) in [6.45, 7) is 5.46. The minimum atomic E-state index is -3.11. The third kappa shape index (κ3) is 3.75. The van der Waals surface area contributed by atoms with Gasteiger partial charge in [0.1, 0.15) is 0 Å². The summed E-state index contributed by atoms with van der Waals surface area (Å²) in [6, 6.07) is 6.14. The van der Waals surface area contributed by atoms with E-state index in [0.29, 0.717) is 6.54 Å². The number of hydrogen-bond acceptors (Lipinski definition) is 4. The number of hydrogen-bond donors (Lipinski definition) is 0. The molecule has 0 unspecified atom stereocenters. The third-order valence-electron chi connectivity index (χ3n) is 5.30. The van der Waals surface area contributed by atoms with Crippen LogP contribution in [0.15, 0.2) is 18.2 Å². The molecular formula is C17H27N3O2S. The maximum Gasteiger partial charge on any atom is 0.211 e. The second-order valence-electron chi connectivity index (χ2n) is 7.06. The van der Waals surface area contributed by atoms with Crippen LogP contribution in [0.3, 0.4) is 0 Å². The average Bonchev–Trinajstić information content (AvgIpc) is 2.49. The number of sulfonamides is 1. The van der Waals surface area contributed by atoms with Crippen LogP contribution in [0, 0.1) is 6.92 Å². The molecular weight excluding hydrogens is 310 g/mol. The number of rotatable bonds is 3. The lowest BCUT2D eigenvalue weighted by atomic mass is 9.80. The van der Waals surface area contributed by atoms with Crippen LogP contribution >= 0.6 is 0 Å². The first-order valence-corrected chi connectivity index (χ1v) is 10.4. The lowest BCUT2D eigenvalue weighted by molar-refractivity contribution is 0.0455. The second kappa shape index (κ2) is 6.49. The summed E-state index contributed by atoms with van der Waals surface area (Å²) in [5.41, 5.74) is 2.01. The van der Waals surface area contributed by atoms with E-state index >= 15 is 0 Å². The van der Waals surface area contributed by atoms with Crippen molar-refractivity contribution >= 4 is 10.0 Å². The van der Waals surface area contributed by atoms with Crippen molar-refractivity contribution in [2.24, 2.45) is 0 Å². The van der Waals surface area contributed by atoms with E-state index in [4.69, 9.17) is 0 Å². The Hall–Kier alpha value is -0.980. The van der Waals surface area contributed by atoms with Crippen LogP contribution < -0.4 is 0 Å². The van der Waals surface area contributed by atoms with Crippen molar-refractivity contribution in [2.45, 2.75) is 51.1 Å². The normalized spacial score (nSPS) is 23.2. The number of pyridine rings is 1. The maximum atomic E-state index is 12.2. The van der Waals surface area contributed by atoms with Crippen molar-refractivity contribution in [1.29, 1.82) is 0 Å². The number of likely N-dealkylation sites (tertiary alicyclic amines) is 1. The fraction of sp³-hybridized carbons (Fsp3) is 0.706. The largest absolute Gasteiger partial charge is 0.297 e. The molecule has 1 spiro atoms. The average molecular weight is 337 g/mol. The van der Waals surface area contributed by atoms with Crippen molar-refractivity contribution in [1.82, 2.24) is 14.2 Å². The van der Waals surface area contributed by atoms with Crippen molar-refractivity contribution in [3.8, 4) is 0 Å². The van der Waals surface area contributed by atoms with Crippen molar-refractivity contribution in [3.05, 3.63) is 29.6 Å². The molecule has 5 nitrogen and oxygen atoms in total. The molecule has 23 heavy (non-hydrogen) atoms. The van der Waals surface area contributed by atoms with Gasteiger partial charge in [-0.3, -0.25) is 9.88 Å². The van der Waals surface area contributed by atoms with Gasteiger partial charge in [-0.15, -0.1) is 0 Å². The molecule has 1 aromatic heterocycles. The van der Waals surface area contributed by atoms with Gasteiger partial charge in [-0.2, -0.15) is 4.31 Å². The summed E-state index contributed by atoms with van der Waals surface area (Å²) < 4.78 is 26.1. The van der Waals surface area contributed by atoms with Crippen LogP contribution in [0.5, 0.6) is 0 Å². The van der Waals surface area contributed by atoms with E-state index in [9.17, 15) is 8.42 Å². The number of piperidine rings is 2. The molecule has 2 aliphatic heterocycles. The standard InChI is InChI=1S/C17H27N3O2S/c1-15-6-5-7-16(18-15)14-19-12-9-17(10-13-19)8-3-4-11-20(17)23(2,21)22/h5-7H,3-4,8-14H2,1-2H3. The Labute approximate surface area is 139 Å². The summed E-state index contributed by atoms with van der Waals surface area (Å²) in [6.07, 6.45) is 6.38. The minimum Gasteiger partial charge on any atom is -0.297 e. The fourth-order valence-corrected chi connectivity index (χ4v) is 5.57. The zero-order valence-electron chi connectivity index (χ0n) is 14.2. The molecule has 2 aliphatic rings. The van der Waals surface area contributed by atoms with Gasteiger partial charge in [0.05, 0.1) is 11.9 Å². The Bertz CT molecular complexity index is 652. The monoisotopic (exact) mass is 337 g/mol. The molecule has 2 fully saturated rings. The summed E-state index contributed by atoms with van der Waals surface area (Å²) in [7, 11) is -3.11. The summed E-state index contributed by atoms with van der Waals surface area (Å²) in [5, 5.41) is 0. The number of nitrogens with zero attached hydrogens (tertiary/aromatic N) is 3. The van der Waals surface area contributed by atoms with E-state index < -0.39 is 10.0 Å². The molecule has 3 rings (SSSR count). The second-order valence-corrected chi connectivity index (χ2v) is 8.97. The highest BCUT2D eigenvalue weighted by Crippen LogP contribution is 2.39. The van der Waals surface area contributed by atoms with Gasteiger partial charge in [-0.05, 0) is 44.7 Å². The van der Waals surface area contributed by atoms with Gasteiger partial charge in [0.15, 0.2) is 0 Å². The summed E-state index contributed by atoms with van der Waals surface area (Å²) in [4.78, 5) is 6.98. The first kappa shape index (κ1) is 16.9. The Balaban J connectivity index is 1.67. The van der Waals surface area contributed by atoms with E-state index in [1.807, 2.05) is 13.0 Å². The molecule has 0 N–H and O–H groups in total. The molecule has 0 aliphatic carbocycles. The van der Waals surface area contributed by atoms with E-state index in [1.165, 1.54) is 6.26 Å². The van der Waals surface area contributed by atoms with E-state index in [0.717, 1.165) is 63.1 Å². The van der Waals surface area contributed by atoms with E-state index in [-0.39, 0.29) is 5.54 Å². The van der Waals surface area contributed by atoms with Crippen LogP contribution in [0.2, 0.25) is 0 Å². The van der Waals surface area contributed by atoms with Gasteiger partial charge in [0.25, 0.3) is 0 Å². The van der Waals surface area contributed by atoms with Crippen LogP contribution in [-0.4, -0.2) is 54.0 Å². The SMILES string of the molecule is Cc1cccc(CN2CCC3(CCCCN3S(C)(=O)=O)CC2)n1. The lowest BCUT2D eigenvalue weighted by Gasteiger charge is -2.50. The quantitative estimate of drug-likeness (QED) is 0.848. The van der Waals surface area contributed by atoms with Crippen LogP contribution in [0.4, 0.5) is 0 Å². The Morgan fingerprint density at radius 1 is 1.13 bits per heavy atom. The predicted octanol–water partition coefficient (Wildman–Crippen LogP) is 2.17. The van der Waals surface area contributed by atoms with Crippen molar-refractivity contribution in [2.75, 3.05) is 25.9 Å². The molecule has 2 saturated heterocycles. The molecule has 3 heterocycles. The highest BCUT2D eigenvalue weighted by Gasteiger charge is 2.45. The van der Waals surface area contributed by atoms with E-state index in [1.54, 1.807) is 4.31 Å². The Kier molecular flexibility index (Phi) is 4.76. The van der Waals surface area contributed by atoms with Crippen molar-refractivity contribution in [3.63, 3.8) is 0 Å². The number of aromatic nitrogens is 1. The molecule has 0 aromatic carbocycles. The first-order valence-electron chi connectivity index (χ1n) is 8.52. The molecule has 0 saturated carbocycles. The predicted molar refractivity (Wildman–Crippen MR) is 91.6 cm³/mol. The molecule has 0 bridgehead atoms. The maximum absolute atomic E-state index is 12.2. The van der Waals surface area contributed by atoms with E-state index in [2.05, 4.69) is 22.0 Å². The first-order chi connectivity index (χ1) is 10.9. The summed E-state index contributed by atoms with van der Waals surface area (Å²) in [5.74, 6) is 0. The van der Waals surface area contributed by atoms with Gasteiger partial charge in [-0.25, -0.2) is 8.42 Å². The topological polar surface area (TPSA) is 53.5 Å². The summed E-state index contributed by atoms with van der Waals surface area (Å²) >= 11 is 0. The molecule has 6 heteroatoms. The molecule has 128 valence electrons. The van der Waals surface area contributed by atoms with Crippen LogP contribution in [0.25, 0.3) is 0 Å². The zero-order chi connectivity index (χ0) is 16.5. The Morgan fingerprint density at radius 3 is 2.52 bits per heavy atom. The third-order valence-corrected chi connectivity index (χ3v) is 6.67. The highest BCUT2D eigenvalue weighted by molar-refractivity contribution is 7.88. The molecule has 0 amide bonds. The number of aryl methyl sites for hydroxylation is 1. The van der Waals surface area contributed by atoms with Gasteiger partial charge < -0.3 is 0 Å². The highest BCUT2D eigenvalue weighted by atomic mass is 32.2. The van der Waals surface area contributed by atoms with Crippen molar-refractivity contribution < 1.29 is 8.42 Å².